The first-order valence-corrected chi connectivity index (χ1v) is 5.86. The van der Waals surface area contributed by atoms with Crippen LogP contribution in [0, 0.1) is 5.82 Å². The molecule has 1 aromatic rings. The van der Waals surface area contributed by atoms with Gasteiger partial charge in [0.25, 0.3) is 5.91 Å². The molecule has 1 aromatic carbocycles. The Morgan fingerprint density at radius 2 is 2.21 bits per heavy atom. The molecular weight excluding hydrogens is 317 g/mol. The Morgan fingerprint density at radius 1 is 1.50 bits per heavy atom. The second kappa shape index (κ2) is 5.46. The number of alkyl halides is 1. The molecule has 1 N–H and O–H groups in total. The lowest BCUT2D eigenvalue weighted by Crippen LogP contribution is -2.25. The molecule has 0 heterocycles. The average Bonchev–Trinajstić information content (AvgIpc) is 2.18. The van der Waals surface area contributed by atoms with E-state index in [1.165, 1.54) is 18.2 Å². The molecule has 76 valence electrons. The van der Waals surface area contributed by atoms with E-state index in [4.69, 9.17) is 0 Å². The van der Waals surface area contributed by atoms with Crippen LogP contribution in [0.1, 0.15) is 10.4 Å². The van der Waals surface area contributed by atoms with Crippen molar-refractivity contribution in [2.45, 2.75) is 0 Å². The first-order valence-electron chi connectivity index (χ1n) is 3.94. The molecule has 5 heteroatoms. The van der Waals surface area contributed by atoms with Crippen LogP contribution in [-0.4, -0.2) is 17.8 Å². The maximum Gasteiger partial charge on any atom is 0.252 e. The molecule has 0 radical (unpaired) electrons. The molecule has 0 spiro atoms. The number of hydrogen-bond donors (Lipinski definition) is 1. The minimum Gasteiger partial charge on any atom is -0.351 e. The molecule has 0 unspecified atom stereocenters. The van der Waals surface area contributed by atoms with Crippen molar-refractivity contribution >= 4 is 37.8 Å². The highest BCUT2D eigenvalue weighted by Crippen LogP contribution is 2.17. The van der Waals surface area contributed by atoms with Crippen LogP contribution in [0.25, 0.3) is 0 Å². The van der Waals surface area contributed by atoms with Crippen molar-refractivity contribution in [2.24, 2.45) is 0 Å². The highest BCUT2D eigenvalue weighted by Gasteiger charge is 2.09. The Hall–Kier alpha value is -0.420. The van der Waals surface area contributed by atoms with Gasteiger partial charge in [-0.05, 0) is 34.1 Å². The lowest BCUT2D eigenvalue weighted by atomic mass is 10.2. The fourth-order valence-electron chi connectivity index (χ4n) is 0.928. The van der Waals surface area contributed by atoms with Crippen molar-refractivity contribution in [1.82, 2.24) is 5.32 Å². The van der Waals surface area contributed by atoms with Gasteiger partial charge in [0.05, 0.1) is 5.56 Å². The fraction of sp³-hybridized carbons (Fsp3) is 0.222. The molecule has 0 bridgehead atoms. The number of carbonyl (C=O) groups is 1. The monoisotopic (exact) mass is 323 g/mol. The summed E-state index contributed by atoms with van der Waals surface area (Å²) in [6.45, 7) is 0.516. The summed E-state index contributed by atoms with van der Waals surface area (Å²) in [7, 11) is 0. The van der Waals surface area contributed by atoms with E-state index in [0.717, 1.165) is 0 Å². The molecule has 0 aromatic heterocycles. The summed E-state index contributed by atoms with van der Waals surface area (Å²) in [6.07, 6.45) is 0. The first kappa shape index (κ1) is 11.7. The van der Waals surface area contributed by atoms with Crippen LogP contribution in [-0.2, 0) is 0 Å². The van der Waals surface area contributed by atoms with E-state index < -0.39 is 5.82 Å². The number of nitrogens with one attached hydrogen (secondary N) is 1. The lowest BCUT2D eigenvalue weighted by molar-refractivity contribution is 0.0955. The van der Waals surface area contributed by atoms with Crippen molar-refractivity contribution < 1.29 is 9.18 Å². The van der Waals surface area contributed by atoms with Crippen LogP contribution in [0.2, 0.25) is 0 Å². The van der Waals surface area contributed by atoms with Crippen molar-refractivity contribution in [3.8, 4) is 0 Å². The van der Waals surface area contributed by atoms with Gasteiger partial charge in [0.2, 0.25) is 0 Å². The first-order chi connectivity index (χ1) is 6.65. The number of halogens is 3. The van der Waals surface area contributed by atoms with Gasteiger partial charge in [0.15, 0.2) is 0 Å². The van der Waals surface area contributed by atoms with Gasteiger partial charge < -0.3 is 5.32 Å². The van der Waals surface area contributed by atoms with Gasteiger partial charge in [0, 0.05) is 16.3 Å². The predicted octanol–water partition coefficient (Wildman–Crippen LogP) is 2.71. The van der Waals surface area contributed by atoms with Gasteiger partial charge in [-0.3, -0.25) is 4.79 Å². The minimum absolute atomic E-state index is 0.282. The van der Waals surface area contributed by atoms with E-state index in [0.29, 0.717) is 21.9 Å². The highest BCUT2D eigenvalue weighted by atomic mass is 79.9. The van der Waals surface area contributed by atoms with Crippen LogP contribution in [0.5, 0.6) is 0 Å². The molecule has 14 heavy (non-hydrogen) atoms. The SMILES string of the molecule is O=C(NCCBr)c1cc(F)ccc1Br. The topological polar surface area (TPSA) is 29.1 Å². The normalized spacial score (nSPS) is 9.93. The zero-order valence-electron chi connectivity index (χ0n) is 7.19. The summed E-state index contributed by atoms with van der Waals surface area (Å²) >= 11 is 6.37. The van der Waals surface area contributed by atoms with Crippen molar-refractivity contribution in [1.29, 1.82) is 0 Å². The Bertz CT molecular complexity index is 344. The molecule has 0 aliphatic heterocycles. The van der Waals surface area contributed by atoms with Crippen molar-refractivity contribution in [3.63, 3.8) is 0 Å². The van der Waals surface area contributed by atoms with Crippen molar-refractivity contribution in [2.75, 3.05) is 11.9 Å². The van der Waals surface area contributed by atoms with Gasteiger partial charge in [-0.2, -0.15) is 0 Å². The summed E-state index contributed by atoms with van der Waals surface area (Å²) in [5, 5.41) is 3.31. The molecule has 2 nitrogen and oxygen atoms in total. The number of rotatable bonds is 3. The van der Waals surface area contributed by atoms with Crippen LogP contribution in [0.4, 0.5) is 4.39 Å². The molecule has 1 amide bonds. The summed E-state index contributed by atoms with van der Waals surface area (Å²) in [5.41, 5.74) is 0.311. The second-order valence-electron chi connectivity index (χ2n) is 2.57. The molecule has 0 saturated carbocycles. The largest absolute Gasteiger partial charge is 0.351 e. The highest BCUT2D eigenvalue weighted by molar-refractivity contribution is 9.10. The van der Waals surface area contributed by atoms with E-state index in [9.17, 15) is 9.18 Å². The molecular formula is C9H8Br2FNO. The van der Waals surface area contributed by atoms with Gasteiger partial charge in [-0.25, -0.2) is 4.39 Å². The molecule has 0 fully saturated rings. The lowest BCUT2D eigenvalue weighted by Gasteiger charge is -2.04. The number of amides is 1. The van der Waals surface area contributed by atoms with Gasteiger partial charge >= 0.3 is 0 Å². The van der Waals surface area contributed by atoms with E-state index in [-0.39, 0.29) is 5.91 Å². The minimum atomic E-state index is -0.419. The maximum absolute atomic E-state index is 12.8. The van der Waals surface area contributed by atoms with Gasteiger partial charge in [-0.15, -0.1) is 0 Å². The van der Waals surface area contributed by atoms with E-state index in [1.54, 1.807) is 0 Å². The fourth-order valence-corrected chi connectivity index (χ4v) is 1.55. The third kappa shape index (κ3) is 3.06. The third-order valence-corrected chi connectivity index (χ3v) is 2.64. The number of carbonyl (C=O) groups excluding carboxylic acids is 1. The Balaban J connectivity index is 2.83. The Kier molecular flexibility index (Phi) is 4.54. The third-order valence-electron chi connectivity index (χ3n) is 1.55. The summed E-state index contributed by atoms with van der Waals surface area (Å²) in [6, 6.07) is 4.01. The van der Waals surface area contributed by atoms with Crippen LogP contribution in [0.15, 0.2) is 22.7 Å². The molecule has 0 aliphatic carbocycles. The quantitative estimate of drug-likeness (QED) is 0.851. The molecule has 0 aliphatic rings. The second-order valence-corrected chi connectivity index (χ2v) is 4.22. The van der Waals surface area contributed by atoms with Crippen LogP contribution < -0.4 is 5.32 Å². The average molecular weight is 325 g/mol. The molecule has 0 saturated heterocycles. The maximum atomic E-state index is 12.8. The van der Waals surface area contributed by atoms with Crippen LogP contribution >= 0.6 is 31.9 Å². The predicted molar refractivity (Wildman–Crippen MR) is 60.2 cm³/mol. The van der Waals surface area contributed by atoms with Gasteiger partial charge in [0.1, 0.15) is 5.82 Å². The van der Waals surface area contributed by atoms with E-state index in [1.807, 2.05) is 0 Å². The van der Waals surface area contributed by atoms with Gasteiger partial charge in [-0.1, -0.05) is 15.9 Å². The number of hydrogen-bond acceptors (Lipinski definition) is 1. The summed E-state index contributed by atoms with van der Waals surface area (Å²) < 4.78 is 13.4. The molecule has 0 atom stereocenters. The zero-order valence-corrected chi connectivity index (χ0v) is 10.4. The standard InChI is InChI=1S/C9H8Br2FNO/c10-3-4-13-9(14)7-5-6(12)1-2-8(7)11/h1-2,5H,3-4H2,(H,13,14). The van der Waals surface area contributed by atoms with Crippen LogP contribution in [0.3, 0.4) is 0 Å². The Morgan fingerprint density at radius 3 is 2.86 bits per heavy atom. The number of benzene rings is 1. The summed E-state index contributed by atoms with van der Waals surface area (Å²) in [5.74, 6) is -0.701. The van der Waals surface area contributed by atoms with E-state index >= 15 is 0 Å². The van der Waals surface area contributed by atoms with E-state index in [2.05, 4.69) is 37.2 Å². The summed E-state index contributed by atoms with van der Waals surface area (Å²) in [4.78, 5) is 11.4. The Labute approximate surface area is 98.1 Å². The smallest absolute Gasteiger partial charge is 0.252 e. The van der Waals surface area contributed by atoms with Crippen molar-refractivity contribution in [3.05, 3.63) is 34.1 Å². The zero-order chi connectivity index (χ0) is 10.6. The molecule has 1 rings (SSSR count).